The molecule has 4 nitrogen and oxygen atoms in total. The molecule has 4 heteroatoms. The highest BCUT2D eigenvalue weighted by Crippen LogP contribution is 2.10. The summed E-state index contributed by atoms with van der Waals surface area (Å²) in [7, 11) is 0. The van der Waals surface area contributed by atoms with E-state index in [-0.39, 0.29) is 24.7 Å². The van der Waals surface area contributed by atoms with E-state index in [1.165, 1.54) is 0 Å². The zero-order chi connectivity index (χ0) is 14.2. The lowest BCUT2D eigenvalue weighted by Gasteiger charge is -2.22. The number of unbranched alkanes of at least 4 members (excludes halogenated alkanes) is 1. The summed E-state index contributed by atoms with van der Waals surface area (Å²) in [5.74, 6) is -0.265. The Morgan fingerprint density at radius 2 is 1.72 bits per heavy atom. The van der Waals surface area contributed by atoms with E-state index in [1.54, 1.807) is 4.90 Å². The van der Waals surface area contributed by atoms with Crippen molar-refractivity contribution >= 4 is 11.9 Å². The van der Waals surface area contributed by atoms with E-state index in [1.807, 2.05) is 27.7 Å². The van der Waals surface area contributed by atoms with Crippen molar-refractivity contribution in [3.63, 3.8) is 0 Å². The topological polar surface area (TPSA) is 46.6 Å². The van der Waals surface area contributed by atoms with Crippen LogP contribution in [0.25, 0.3) is 0 Å². The minimum atomic E-state index is -0.479. The van der Waals surface area contributed by atoms with Gasteiger partial charge in [0.25, 0.3) is 0 Å². The van der Waals surface area contributed by atoms with Crippen molar-refractivity contribution in [3.05, 3.63) is 0 Å². The third-order valence-corrected chi connectivity index (χ3v) is 2.48. The molecule has 0 spiro atoms. The number of hydrogen-bond donors (Lipinski definition) is 0. The first-order valence-corrected chi connectivity index (χ1v) is 6.79. The largest absolute Gasteiger partial charge is 0.460 e. The molecule has 0 fully saturated rings. The van der Waals surface area contributed by atoms with Gasteiger partial charge in [-0.2, -0.15) is 0 Å². The number of esters is 1. The Hall–Kier alpha value is -1.06. The molecule has 0 aliphatic rings. The van der Waals surface area contributed by atoms with Gasteiger partial charge in [-0.25, -0.2) is 0 Å². The molecule has 0 atom stereocenters. The summed E-state index contributed by atoms with van der Waals surface area (Å²) in [6.07, 6.45) is 2.48. The van der Waals surface area contributed by atoms with Crippen LogP contribution in [0.15, 0.2) is 0 Å². The van der Waals surface area contributed by atoms with Gasteiger partial charge in [0.15, 0.2) is 0 Å². The number of nitrogens with zero attached hydrogens (tertiary/aromatic N) is 1. The van der Waals surface area contributed by atoms with Gasteiger partial charge < -0.3 is 9.64 Å². The molecule has 0 rings (SSSR count). The Labute approximate surface area is 111 Å². The van der Waals surface area contributed by atoms with Crippen molar-refractivity contribution in [2.45, 2.75) is 65.9 Å². The van der Waals surface area contributed by atoms with Gasteiger partial charge in [0, 0.05) is 19.5 Å². The van der Waals surface area contributed by atoms with E-state index >= 15 is 0 Å². The van der Waals surface area contributed by atoms with Crippen LogP contribution >= 0.6 is 0 Å². The highest BCUT2D eigenvalue weighted by Gasteiger charge is 2.18. The molecule has 18 heavy (non-hydrogen) atoms. The summed E-state index contributed by atoms with van der Waals surface area (Å²) >= 11 is 0. The third kappa shape index (κ3) is 8.09. The van der Waals surface area contributed by atoms with E-state index < -0.39 is 5.60 Å². The molecule has 0 bridgehead atoms. The summed E-state index contributed by atoms with van der Waals surface area (Å²) in [4.78, 5) is 25.2. The van der Waals surface area contributed by atoms with Crippen molar-refractivity contribution in [1.82, 2.24) is 4.90 Å². The smallest absolute Gasteiger partial charge is 0.306 e. The minimum absolute atomic E-state index is 0.0387. The Morgan fingerprint density at radius 1 is 1.11 bits per heavy atom. The lowest BCUT2D eigenvalue weighted by atomic mass is 10.2. The fourth-order valence-corrected chi connectivity index (χ4v) is 1.57. The molecule has 0 saturated carbocycles. The summed E-state index contributed by atoms with van der Waals surface area (Å²) in [5.41, 5.74) is -0.479. The lowest BCUT2D eigenvalue weighted by molar-refractivity contribution is -0.156. The highest BCUT2D eigenvalue weighted by atomic mass is 16.6. The molecule has 0 heterocycles. The highest BCUT2D eigenvalue weighted by molar-refractivity contribution is 5.81. The van der Waals surface area contributed by atoms with Gasteiger partial charge in [-0.05, 0) is 34.1 Å². The van der Waals surface area contributed by atoms with Gasteiger partial charge in [0.1, 0.15) is 5.60 Å². The molecule has 0 unspecified atom stereocenters. The maximum atomic E-state index is 11.9. The zero-order valence-corrected chi connectivity index (χ0v) is 12.4. The van der Waals surface area contributed by atoms with Crippen LogP contribution in [-0.2, 0) is 14.3 Å². The molecule has 0 radical (unpaired) electrons. The van der Waals surface area contributed by atoms with E-state index in [2.05, 4.69) is 6.92 Å². The molecule has 0 aromatic heterocycles. The van der Waals surface area contributed by atoms with Crippen LogP contribution in [0.2, 0.25) is 0 Å². The minimum Gasteiger partial charge on any atom is -0.460 e. The predicted molar refractivity (Wildman–Crippen MR) is 72.2 cm³/mol. The van der Waals surface area contributed by atoms with Gasteiger partial charge in [-0.1, -0.05) is 13.3 Å². The first kappa shape index (κ1) is 16.9. The monoisotopic (exact) mass is 257 g/mol. The van der Waals surface area contributed by atoms with Crippen LogP contribution < -0.4 is 0 Å². The fraction of sp³-hybridized carbons (Fsp3) is 0.857. The SMILES string of the molecule is CCCCN(CC)C(=O)CCC(=O)OC(C)(C)C. The molecule has 0 aliphatic carbocycles. The van der Waals surface area contributed by atoms with Crippen molar-refractivity contribution < 1.29 is 14.3 Å². The predicted octanol–water partition coefficient (Wildman–Crippen LogP) is 2.76. The number of ether oxygens (including phenoxy) is 1. The Balaban J connectivity index is 4.03. The molecule has 1 amide bonds. The van der Waals surface area contributed by atoms with Crippen LogP contribution in [0, 0.1) is 0 Å². The molecule has 0 aliphatic heterocycles. The van der Waals surface area contributed by atoms with Crippen molar-refractivity contribution in [2.75, 3.05) is 13.1 Å². The molecular weight excluding hydrogens is 230 g/mol. The normalized spacial score (nSPS) is 11.2. The summed E-state index contributed by atoms with van der Waals surface area (Å²) < 4.78 is 5.17. The zero-order valence-electron chi connectivity index (χ0n) is 12.4. The third-order valence-electron chi connectivity index (χ3n) is 2.48. The molecule has 106 valence electrons. The van der Waals surface area contributed by atoms with Crippen LogP contribution in [-0.4, -0.2) is 35.5 Å². The number of rotatable bonds is 7. The summed E-state index contributed by atoms with van der Waals surface area (Å²) in [5, 5.41) is 0. The Kier molecular flexibility index (Phi) is 7.64. The summed E-state index contributed by atoms with van der Waals surface area (Å²) in [6, 6.07) is 0. The first-order valence-electron chi connectivity index (χ1n) is 6.79. The summed E-state index contributed by atoms with van der Waals surface area (Å²) in [6.45, 7) is 11.0. The van der Waals surface area contributed by atoms with Gasteiger partial charge in [-0.15, -0.1) is 0 Å². The van der Waals surface area contributed by atoms with Gasteiger partial charge in [0.05, 0.1) is 6.42 Å². The van der Waals surface area contributed by atoms with Crippen LogP contribution in [0.3, 0.4) is 0 Å². The maximum Gasteiger partial charge on any atom is 0.306 e. The average Bonchev–Trinajstić information content (AvgIpc) is 2.25. The molecular formula is C14H27NO3. The second-order valence-corrected chi connectivity index (χ2v) is 5.41. The van der Waals surface area contributed by atoms with Crippen LogP contribution in [0.1, 0.15) is 60.3 Å². The maximum absolute atomic E-state index is 11.9. The second kappa shape index (κ2) is 8.11. The van der Waals surface area contributed by atoms with Crippen LogP contribution in [0.5, 0.6) is 0 Å². The lowest BCUT2D eigenvalue weighted by Crippen LogP contribution is -2.32. The van der Waals surface area contributed by atoms with Crippen LogP contribution in [0.4, 0.5) is 0 Å². The van der Waals surface area contributed by atoms with Gasteiger partial charge in [0.2, 0.25) is 5.91 Å². The number of amides is 1. The van der Waals surface area contributed by atoms with E-state index in [4.69, 9.17) is 4.74 Å². The molecule has 0 aromatic carbocycles. The Bertz CT molecular complexity index is 269. The van der Waals surface area contributed by atoms with Crippen molar-refractivity contribution in [1.29, 1.82) is 0 Å². The van der Waals surface area contributed by atoms with E-state index in [9.17, 15) is 9.59 Å². The molecule has 0 aromatic rings. The molecule has 0 saturated heterocycles. The van der Waals surface area contributed by atoms with Crippen molar-refractivity contribution in [3.8, 4) is 0 Å². The quantitative estimate of drug-likeness (QED) is 0.659. The Morgan fingerprint density at radius 3 is 2.17 bits per heavy atom. The van der Waals surface area contributed by atoms with Crippen molar-refractivity contribution in [2.24, 2.45) is 0 Å². The average molecular weight is 257 g/mol. The van der Waals surface area contributed by atoms with Gasteiger partial charge >= 0.3 is 5.97 Å². The molecule has 0 N–H and O–H groups in total. The van der Waals surface area contributed by atoms with Gasteiger partial charge in [-0.3, -0.25) is 9.59 Å². The number of carbonyl (C=O) groups excluding carboxylic acids is 2. The number of hydrogen-bond acceptors (Lipinski definition) is 3. The fourth-order valence-electron chi connectivity index (χ4n) is 1.57. The number of carbonyl (C=O) groups is 2. The van der Waals surface area contributed by atoms with E-state index in [0.717, 1.165) is 19.4 Å². The van der Waals surface area contributed by atoms with E-state index in [0.29, 0.717) is 6.54 Å². The second-order valence-electron chi connectivity index (χ2n) is 5.41. The first-order chi connectivity index (χ1) is 8.30. The standard InChI is InChI=1S/C14H27NO3/c1-6-8-11-15(7-2)12(16)9-10-13(17)18-14(3,4)5/h6-11H2,1-5H3.